The lowest BCUT2D eigenvalue weighted by Crippen LogP contribution is -2.46. The molecule has 7 heteroatoms. The van der Waals surface area contributed by atoms with E-state index in [1.807, 2.05) is 57.1 Å². The zero-order chi connectivity index (χ0) is 18.7. The number of aromatic nitrogens is 4. The fourth-order valence-electron chi connectivity index (χ4n) is 3.12. The summed E-state index contributed by atoms with van der Waals surface area (Å²) in [5.41, 5.74) is 5.45. The van der Waals surface area contributed by atoms with E-state index in [1.54, 1.807) is 0 Å². The number of nitrogens with one attached hydrogen (secondary N) is 2. The van der Waals surface area contributed by atoms with Gasteiger partial charge in [-0.1, -0.05) is 0 Å². The van der Waals surface area contributed by atoms with Crippen molar-refractivity contribution in [1.29, 1.82) is 0 Å². The van der Waals surface area contributed by atoms with Crippen molar-refractivity contribution in [3.05, 3.63) is 34.4 Å². The smallest absolute Gasteiger partial charge is 0.315 e. The fourth-order valence-corrected chi connectivity index (χ4v) is 3.12. The van der Waals surface area contributed by atoms with Crippen LogP contribution in [0.4, 0.5) is 4.79 Å². The first-order chi connectivity index (χ1) is 11.7. The summed E-state index contributed by atoms with van der Waals surface area (Å²) in [6.07, 6.45) is 0.769. The molecule has 25 heavy (non-hydrogen) atoms. The molecular weight excluding hydrogens is 316 g/mol. The molecular formula is C18H30N6O. The predicted molar refractivity (Wildman–Crippen MR) is 98.7 cm³/mol. The van der Waals surface area contributed by atoms with E-state index in [9.17, 15) is 4.79 Å². The van der Waals surface area contributed by atoms with Gasteiger partial charge >= 0.3 is 6.03 Å². The molecule has 0 unspecified atom stereocenters. The molecule has 0 aliphatic heterocycles. The minimum atomic E-state index is -0.152. The number of nitrogens with zero attached hydrogens (tertiary/aromatic N) is 4. The van der Waals surface area contributed by atoms with Gasteiger partial charge in [0.2, 0.25) is 0 Å². The number of hydrogen-bond acceptors (Lipinski definition) is 3. The Balaban J connectivity index is 1.85. The molecule has 0 aliphatic carbocycles. The van der Waals surface area contributed by atoms with E-state index in [0.29, 0.717) is 6.54 Å². The number of hydrogen-bond donors (Lipinski definition) is 2. The number of rotatable bonds is 6. The minimum absolute atomic E-state index is 0.00735. The number of aryl methyl sites for hydroxylation is 4. The van der Waals surface area contributed by atoms with Gasteiger partial charge in [0.1, 0.15) is 0 Å². The summed E-state index contributed by atoms with van der Waals surface area (Å²) in [5, 5.41) is 14.9. The highest BCUT2D eigenvalue weighted by Gasteiger charge is 2.16. The number of carbonyl (C=O) groups is 1. The van der Waals surface area contributed by atoms with Gasteiger partial charge in [-0.15, -0.1) is 0 Å². The zero-order valence-electron chi connectivity index (χ0n) is 16.3. The minimum Gasteiger partial charge on any atom is -0.335 e. The van der Waals surface area contributed by atoms with Crippen molar-refractivity contribution in [2.45, 2.75) is 66.6 Å². The van der Waals surface area contributed by atoms with Crippen LogP contribution in [0.3, 0.4) is 0 Å². The Labute approximate surface area is 149 Å². The third kappa shape index (κ3) is 4.84. The highest BCUT2D eigenvalue weighted by molar-refractivity contribution is 5.74. The Kier molecular flexibility index (Phi) is 5.87. The lowest BCUT2D eigenvalue weighted by Gasteiger charge is -2.19. The Morgan fingerprint density at radius 2 is 1.76 bits per heavy atom. The summed E-state index contributed by atoms with van der Waals surface area (Å²) in [4.78, 5) is 12.2. The maximum absolute atomic E-state index is 12.2. The predicted octanol–water partition coefficient (Wildman–Crippen LogP) is 2.17. The molecule has 0 fully saturated rings. The average Bonchev–Trinajstić information content (AvgIpc) is 2.91. The zero-order valence-corrected chi connectivity index (χ0v) is 16.3. The van der Waals surface area contributed by atoms with Crippen LogP contribution in [0.25, 0.3) is 0 Å². The third-order valence-electron chi connectivity index (χ3n) is 4.47. The molecule has 2 N–H and O–H groups in total. The summed E-state index contributed by atoms with van der Waals surface area (Å²) in [5.74, 6) is 0. The van der Waals surface area contributed by atoms with Gasteiger partial charge in [0, 0.05) is 30.5 Å². The fraction of sp³-hybridized carbons (Fsp3) is 0.611. The van der Waals surface area contributed by atoms with Crippen LogP contribution in [0.1, 0.15) is 42.2 Å². The average molecular weight is 346 g/mol. The molecule has 0 aliphatic rings. The summed E-state index contributed by atoms with van der Waals surface area (Å²) < 4.78 is 3.81. The van der Waals surface area contributed by atoms with Crippen LogP contribution >= 0.6 is 0 Å². The van der Waals surface area contributed by atoms with E-state index in [2.05, 4.69) is 27.8 Å². The molecule has 0 aromatic carbocycles. The van der Waals surface area contributed by atoms with Gasteiger partial charge in [0.05, 0.1) is 17.9 Å². The van der Waals surface area contributed by atoms with E-state index < -0.39 is 0 Å². The summed E-state index contributed by atoms with van der Waals surface area (Å²) in [6, 6.07) is 1.91. The Morgan fingerprint density at radius 3 is 2.28 bits per heavy atom. The highest BCUT2D eigenvalue weighted by atomic mass is 16.2. The maximum atomic E-state index is 12.2. The first-order valence-electron chi connectivity index (χ1n) is 8.74. The molecule has 2 aromatic rings. The van der Waals surface area contributed by atoms with E-state index in [0.717, 1.165) is 29.2 Å². The van der Waals surface area contributed by atoms with Crippen LogP contribution in [-0.2, 0) is 20.0 Å². The second kappa shape index (κ2) is 7.72. The lowest BCUT2D eigenvalue weighted by molar-refractivity contribution is 0.233. The van der Waals surface area contributed by atoms with Crippen LogP contribution in [0, 0.1) is 27.7 Å². The molecule has 7 nitrogen and oxygen atoms in total. The summed E-state index contributed by atoms with van der Waals surface area (Å²) >= 11 is 0. The van der Waals surface area contributed by atoms with Crippen molar-refractivity contribution < 1.29 is 4.79 Å². The van der Waals surface area contributed by atoms with E-state index in [4.69, 9.17) is 0 Å². The van der Waals surface area contributed by atoms with Crippen LogP contribution in [0.15, 0.2) is 6.07 Å². The lowest BCUT2D eigenvalue weighted by atomic mass is 10.1. The molecule has 0 saturated carbocycles. The molecule has 138 valence electrons. The van der Waals surface area contributed by atoms with Crippen molar-refractivity contribution in [3.63, 3.8) is 0 Å². The monoisotopic (exact) mass is 346 g/mol. The number of carbonyl (C=O) groups excluding carboxylic acids is 1. The number of amides is 2. The molecule has 2 heterocycles. The summed E-state index contributed by atoms with van der Waals surface area (Å²) in [6.45, 7) is 12.7. The standard InChI is InChI=1S/C18H30N6O/c1-11(9-17-15(5)22-23(7)16(17)6)19-18(25)20-13(3)10-24-14(4)8-12(2)21-24/h8,11,13H,9-10H2,1-7H3,(H2,19,20,25)/t11-,13+/m1/s1. The first-order valence-corrected chi connectivity index (χ1v) is 8.74. The topological polar surface area (TPSA) is 76.8 Å². The summed E-state index contributed by atoms with van der Waals surface area (Å²) in [7, 11) is 1.94. The molecule has 2 atom stereocenters. The Morgan fingerprint density at radius 1 is 1.12 bits per heavy atom. The highest BCUT2D eigenvalue weighted by Crippen LogP contribution is 2.14. The SMILES string of the molecule is Cc1cc(C)n(C[C@H](C)NC(=O)N[C@H](C)Cc2c(C)nn(C)c2C)n1. The van der Waals surface area contributed by atoms with E-state index >= 15 is 0 Å². The van der Waals surface area contributed by atoms with E-state index in [1.165, 1.54) is 5.56 Å². The molecule has 2 aromatic heterocycles. The third-order valence-corrected chi connectivity index (χ3v) is 4.47. The van der Waals surface area contributed by atoms with Crippen LogP contribution in [-0.4, -0.2) is 37.7 Å². The normalized spacial score (nSPS) is 13.6. The van der Waals surface area contributed by atoms with Gasteiger partial charge in [-0.25, -0.2) is 4.79 Å². The van der Waals surface area contributed by atoms with Crippen molar-refractivity contribution in [3.8, 4) is 0 Å². The quantitative estimate of drug-likeness (QED) is 0.841. The molecule has 2 rings (SSSR count). The second-order valence-corrected chi connectivity index (χ2v) is 7.01. The van der Waals surface area contributed by atoms with Gasteiger partial charge in [-0.2, -0.15) is 10.2 Å². The van der Waals surface area contributed by atoms with Crippen molar-refractivity contribution in [2.75, 3.05) is 0 Å². The van der Waals surface area contributed by atoms with Gasteiger partial charge in [0.15, 0.2) is 0 Å². The van der Waals surface area contributed by atoms with Gasteiger partial charge in [-0.3, -0.25) is 9.36 Å². The number of urea groups is 1. The first kappa shape index (κ1) is 19.0. The molecule has 0 saturated heterocycles. The second-order valence-electron chi connectivity index (χ2n) is 7.01. The van der Waals surface area contributed by atoms with Crippen LogP contribution < -0.4 is 10.6 Å². The Hall–Kier alpha value is -2.31. The molecule has 0 bridgehead atoms. The Bertz CT molecular complexity index is 745. The largest absolute Gasteiger partial charge is 0.335 e. The van der Waals surface area contributed by atoms with Crippen molar-refractivity contribution in [2.24, 2.45) is 7.05 Å². The molecule has 0 radical (unpaired) electrons. The maximum Gasteiger partial charge on any atom is 0.315 e. The van der Waals surface area contributed by atoms with Gasteiger partial charge in [0.25, 0.3) is 0 Å². The molecule has 0 spiro atoms. The van der Waals surface area contributed by atoms with Gasteiger partial charge in [-0.05, 0) is 59.6 Å². The van der Waals surface area contributed by atoms with Crippen molar-refractivity contribution >= 4 is 6.03 Å². The van der Waals surface area contributed by atoms with Crippen molar-refractivity contribution in [1.82, 2.24) is 30.2 Å². The van der Waals surface area contributed by atoms with Crippen LogP contribution in [0.5, 0.6) is 0 Å². The van der Waals surface area contributed by atoms with E-state index in [-0.39, 0.29) is 18.1 Å². The van der Waals surface area contributed by atoms with Gasteiger partial charge < -0.3 is 10.6 Å². The van der Waals surface area contributed by atoms with Crippen LogP contribution in [0.2, 0.25) is 0 Å². The molecule has 2 amide bonds.